The lowest BCUT2D eigenvalue weighted by Crippen LogP contribution is -2.21. The maximum absolute atomic E-state index is 10.6. The fourth-order valence-corrected chi connectivity index (χ4v) is 4.23. The van der Waals surface area contributed by atoms with Gasteiger partial charge in [0, 0.05) is 16.5 Å². The average Bonchev–Trinajstić information content (AvgIpc) is 2.84. The summed E-state index contributed by atoms with van der Waals surface area (Å²) < 4.78 is 0. The lowest BCUT2D eigenvalue weighted by atomic mass is 9.76. The summed E-state index contributed by atoms with van der Waals surface area (Å²) in [5, 5.41) is 21.1. The van der Waals surface area contributed by atoms with Gasteiger partial charge in [-0.3, -0.25) is 0 Å². The Hall–Kier alpha value is -3.60. The highest BCUT2D eigenvalue weighted by Crippen LogP contribution is 2.39. The van der Waals surface area contributed by atoms with Gasteiger partial charge in [0.05, 0.1) is 12.1 Å². The number of hydrogen-bond donors (Lipinski definition) is 4. The van der Waals surface area contributed by atoms with Crippen molar-refractivity contribution in [3.05, 3.63) is 130 Å². The number of hydrogen-bond acceptors (Lipinski definition) is 4. The van der Waals surface area contributed by atoms with Gasteiger partial charge < -0.3 is 21.7 Å². The van der Waals surface area contributed by atoms with Gasteiger partial charge in [0.15, 0.2) is 0 Å². The molecule has 4 aromatic carbocycles. The van der Waals surface area contributed by atoms with Crippen molar-refractivity contribution in [1.29, 1.82) is 0 Å². The van der Waals surface area contributed by atoms with E-state index >= 15 is 0 Å². The van der Waals surface area contributed by atoms with E-state index in [2.05, 4.69) is 13.8 Å². The van der Waals surface area contributed by atoms with Crippen LogP contribution in [0.4, 0.5) is 0 Å². The Morgan fingerprint density at radius 3 is 1.30 bits per heavy atom. The molecule has 0 bridgehead atoms. The van der Waals surface area contributed by atoms with E-state index < -0.39 is 17.5 Å². The first-order valence-corrected chi connectivity index (χ1v) is 11.1. The van der Waals surface area contributed by atoms with Crippen molar-refractivity contribution in [2.45, 2.75) is 31.3 Å². The Labute approximate surface area is 195 Å². The molecule has 6 N–H and O–H groups in total. The number of rotatable bonds is 6. The molecule has 0 amide bonds. The molecule has 0 aliphatic rings. The molecule has 0 spiro atoms. The number of phenols is 2. The molecule has 2 atom stereocenters. The zero-order valence-electron chi connectivity index (χ0n) is 18.9. The fraction of sp³-hybridized carbons (Fsp3) is 0.172. The Kier molecular flexibility index (Phi) is 6.23. The molecule has 0 fully saturated rings. The molecule has 0 aromatic heterocycles. The Balaban J connectivity index is 1.73. The van der Waals surface area contributed by atoms with Crippen LogP contribution in [0.3, 0.4) is 0 Å². The molecule has 4 heteroatoms. The zero-order valence-corrected chi connectivity index (χ0v) is 18.9. The average molecular weight is 439 g/mol. The first-order valence-electron chi connectivity index (χ1n) is 11.1. The summed E-state index contributed by atoms with van der Waals surface area (Å²) in [5.74, 6) is 0.340. The third-order valence-corrected chi connectivity index (χ3v) is 6.49. The van der Waals surface area contributed by atoms with Gasteiger partial charge in [-0.1, -0.05) is 86.6 Å². The van der Waals surface area contributed by atoms with Gasteiger partial charge in [0.25, 0.3) is 0 Å². The predicted octanol–water partition coefficient (Wildman–Crippen LogP) is 5.52. The van der Waals surface area contributed by atoms with Crippen LogP contribution in [0.1, 0.15) is 59.3 Å². The van der Waals surface area contributed by atoms with Crippen LogP contribution in [0.5, 0.6) is 11.5 Å². The number of nitrogens with two attached hydrogens (primary N) is 2. The number of benzene rings is 4. The van der Waals surface area contributed by atoms with Crippen LogP contribution in [0.25, 0.3) is 0 Å². The highest BCUT2D eigenvalue weighted by Gasteiger charge is 2.27. The molecule has 4 nitrogen and oxygen atoms in total. The van der Waals surface area contributed by atoms with Gasteiger partial charge in [-0.15, -0.1) is 0 Å². The molecular formula is C29H30N2O2. The van der Waals surface area contributed by atoms with E-state index in [9.17, 15) is 10.2 Å². The molecule has 0 saturated carbocycles. The quantitative estimate of drug-likeness (QED) is 0.319. The summed E-state index contributed by atoms with van der Waals surface area (Å²) in [6.45, 7) is 4.23. The van der Waals surface area contributed by atoms with Gasteiger partial charge in [0.1, 0.15) is 11.5 Å². The maximum atomic E-state index is 10.6. The Bertz CT molecular complexity index is 1140. The van der Waals surface area contributed by atoms with Gasteiger partial charge in [-0.2, -0.15) is 0 Å². The molecule has 168 valence electrons. The molecular weight excluding hydrogens is 408 g/mol. The van der Waals surface area contributed by atoms with E-state index in [4.69, 9.17) is 11.5 Å². The van der Waals surface area contributed by atoms with Gasteiger partial charge in [-0.05, 0) is 46.5 Å². The lowest BCUT2D eigenvalue weighted by molar-refractivity contribution is 0.463. The van der Waals surface area contributed by atoms with Crippen molar-refractivity contribution in [2.75, 3.05) is 0 Å². The minimum absolute atomic E-state index is 0.170. The van der Waals surface area contributed by atoms with Crippen molar-refractivity contribution in [2.24, 2.45) is 11.5 Å². The topological polar surface area (TPSA) is 92.5 Å². The maximum Gasteiger partial charge on any atom is 0.120 e. The van der Waals surface area contributed by atoms with E-state index in [0.717, 1.165) is 22.3 Å². The minimum atomic E-state index is -0.441. The van der Waals surface area contributed by atoms with Gasteiger partial charge >= 0.3 is 0 Å². The molecule has 0 saturated heterocycles. The summed E-state index contributed by atoms with van der Waals surface area (Å²) in [5.41, 5.74) is 17.8. The van der Waals surface area contributed by atoms with Crippen molar-refractivity contribution < 1.29 is 10.2 Å². The second kappa shape index (κ2) is 9.10. The summed E-state index contributed by atoms with van der Waals surface area (Å²) in [6.07, 6.45) is 0. The van der Waals surface area contributed by atoms with Crippen LogP contribution in [-0.4, -0.2) is 10.2 Å². The van der Waals surface area contributed by atoms with Crippen LogP contribution in [-0.2, 0) is 5.41 Å². The van der Waals surface area contributed by atoms with Crippen molar-refractivity contribution in [3.8, 4) is 11.5 Å². The van der Waals surface area contributed by atoms with Crippen LogP contribution >= 0.6 is 0 Å². The highest BCUT2D eigenvalue weighted by molar-refractivity contribution is 5.50. The molecule has 0 aliphatic carbocycles. The largest absolute Gasteiger partial charge is 0.508 e. The van der Waals surface area contributed by atoms with Crippen molar-refractivity contribution >= 4 is 0 Å². The van der Waals surface area contributed by atoms with E-state index in [-0.39, 0.29) is 11.5 Å². The molecule has 2 unspecified atom stereocenters. The first kappa shape index (κ1) is 22.6. The van der Waals surface area contributed by atoms with Gasteiger partial charge in [-0.25, -0.2) is 0 Å². The molecule has 0 radical (unpaired) electrons. The summed E-state index contributed by atoms with van der Waals surface area (Å²) in [6, 6.07) is 29.8. The number of phenolic OH excluding ortho intramolecular Hbond substituents is 2. The van der Waals surface area contributed by atoms with Crippen LogP contribution in [0, 0.1) is 0 Å². The minimum Gasteiger partial charge on any atom is -0.508 e. The second-order valence-electron chi connectivity index (χ2n) is 8.95. The molecule has 4 rings (SSSR count). The molecule has 0 aliphatic heterocycles. The molecule has 33 heavy (non-hydrogen) atoms. The standard InChI is InChI=1S/C29H30N2O2/c1-29(2,21-13-15-25(32)23(17-21)27(30)19-9-5-3-6-10-19)22-14-16-26(33)24(18-22)28(31)20-11-7-4-8-12-20/h3-18,27-28,32-33H,30-31H2,1-2H3. The predicted molar refractivity (Wildman–Crippen MR) is 133 cm³/mol. The normalized spacial score (nSPS) is 13.5. The van der Waals surface area contributed by atoms with Gasteiger partial charge in [0.2, 0.25) is 0 Å². The smallest absolute Gasteiger partial charge is 0.120 e. The lowest BCUT2D eigenvalue weighted by Gasteiger charge is -2.29. The SMILES string of the molecule is CC(C)(c1ccc(O)c(C(N)c2ccccc2)c1)c1ccc(O)c(C(N)c2ccccc2)c1. The summed E-state index contributed by atoms with van der Waals surface area (Å²) in [7, 11) is 0. The van der Waals surface area contributed by atoms with E-state index in [1.807, 2.05) is 84.9 Å². The third kappa shape index (κ3) is 4.49. The van der Waals surface area contributed by atoms with Crippen molar-refractivity contribution in [1.82, 2.24) is 0 Å². The zero-order chi connectivity index (χ0) is 23.6. The van der Waals surface area contributed by atoms with E-state index in [1.165, 1.54) is 0 Å². The second-order valence-corrected chi connectivity index (χ2v) is 8.95. The van der Waals surface area contributed by atoms with Crippen LogP contribution < -0.4 is 11.5 Å². The first-order chi connectivity index (χ1) is 15.8. The molecule has 0 heterocycles. The van der Waals surface area contributed by atoms with E-state index in [0.29, 0.717) is 11.1 Å². The fourth-order valence-electron chi connectivity index (χ4n) is 4.23. The molecule has 4 aromatic rings. The third-order valence-electron chi connectivity index (χ3n) is 6.49. The Morgan fingerprint density at radius 1 is 0.576 bits per heavy atom. The summed E-state index contributed by atoms with van der Waals surface area (Å²) >= 11 is 0. The monoisotopic (exact) mass is 438 g/mol. The van der Waals surface area contributed by atoms with E-state index in [1.54, 1.807) is 12.1 Å². The highest BCUT2D eigenvalue weighted by atomic mass is 16.3. The summed E-state index contributed by atoms with van der Waals surface area (Å²) in [4.78, 5) is 0. The Morgan fingerprint density at radius 2 is 0.939 bits per heavy atom. The van der Waals surface area contributed by atoms with Crippen LogP contribution in [0.15, 0.2) is 97.1 Å². The van der Waals surface area contributed by atoms with Crippen molar-refractivity contribution in [3.63, 3.8) is 0 Å². The van der Waals surface area contributed by atoms with Crippen LogP contribution in [0.2, 0.25) is 0 Å². The number of aromatic hydroxyl groups is 2.